The topological polar surface area (TPSA) is 29.1 Å². The van der Waals surface area contributed by atoms with Gasteiger partial charge in [-0.3, -0.25) is 4.79 Å². The third kappa shape index (κ3) is 5.51. The first-order valence-corrected chi connectivity index (χ1v) is 7.96. The monoisotopic (exact) mass is 313 g/mol. The standard InChI is InChI=1S/C20H24FNO/c1-20(2,3)22-19(23)13-12-18(15-8-5-4-6-9-15)16-10-7-11-17(21)14-16/h4-11,14,18H,12-13H2,1-3H3,(H,22,23)/t18-/m1/s1. The average molecular weight is 313 g/mol. The molecule has 0 radical (unpaired) electrons. The van der Waals surface area contributed by atoms with Gasteiger partial charge in [0.05, 0.1) is 0 Å². The van der Waals surface area contributed by atoms with Gasteiger partial charge in [-0.05, 0) is 50.5 Å². The highest BCUT2D eigenvalue weighted by Gasteiger charge is 2.18. The molecule has 2 aromatic carbocycles. The molecule has 2 aromatic rings. The van der Waals surface area contributed by atoms with Crippen molar-refractivity contribution in [3.05, 3.63) is 71.5 Å². The van der Waals surface area contributed by atoms with E-state index in [4.69, 9.17) is 0 Å². The van der Waals surface area contributed by atoms with Crippen molar-refractivity contribution in [2.45, 2.75) is 45.1 Å². The van der Waals surface area contributed by atoms with Crippen LogP contribution >= 0.6 is 0 Å². The number of hydrogen-bond acceptors (Lipinski definition) is 1. The van der Waals surface area contributed by atoms with Crippen molar-refractivity contribution in [1.82, 2.24) is 5.32 Å². The van der Waals surface area contributed by atoms with Crippen molar-refractivity contribution in [3.63, 3.8) is 0 Å². The molecule has 0 aliphatic carbocycles. The lowest BCUT2D eigenvalue weighted by molar-refractivity contribution is -0.122. The van der Waals surface area contributed by atoms with Crippen molar-refractivity contribution in [2.24, 2.45) is 0 Å². The second-order valence-corrected chi connectivity index (χ2v) is 6.86. The van der Waals surface area contributed by atoms with Crippen molar-refractivity contribution in [1.29, 1.82) is 0 Å². The fraction of sp³-hybridized carbons (Fsp3) is 0.350. The predicted octanol–water partition coefficient (Wildman–Crippen LogP) is 4.65. The van der Waals surface area contributed by atoms with Gasteiger partial charge in [0.15, 0.2) is 0 Å². The molecule has 0 aliphatic rings. The Labute approximate surface area is 137 Å². The van der Waals surface area contributed by atoms with Crippen molar-refractivity contribution < 1.29 is 9.18 Å². The summed E-state index contributed by atoms with van der Waals surface area (Å²) in [6.07, 6.45) is 1.06. The number of halogens is 1. The Morgan fingerprint density at radius 2 is 1.70 bits per heavy atom. The molecule has 1 N–H and O–H groups in total. The quantitative estimate of drug-likeness (QED) is 0.855. The van der Waals surface area contributed by atoms with Gasteiger partial charge in [0.25, 0.3) is 0 Å². The van der Waals surface area contributed by atoms with E-state index in [0.29, 0.717) is 12.8 Å². The van der Waals surface area contributed by atoms with Gasteiger partial charge in [0, 0.05) is 17.9 Å². The largest absolute Gasteiger partial charge is 0.352 e. The Hall–Kier alpha value is -2.16. The number of benzene rings is 2. The number of hydrogen-bond donors (Lipinski definition) is 1. The molecule has 0 unspecified atom stereocenters. The minimum Gasteiger partial charge on any atom is -0.352 e. The fourth-order valence-corrected chi connectivity index (χ4v) is 2.69. The van der Waals surface area contributed by atoms with Crippen LogP contribution in [0.25, 0.3) is 0 Å². The summed E-state index contributed by atoms with van der Waals surface area (Å²) in [6, 6.07) is 16.6. The summed E-state index contributed by atoms with van der Waals surface area (Å²) in [6.45, 7) is 5.89. The summed E-state index contributed by atoms with van der Waals surface area (Å²) < 4.78 is 13.6. The molecular weight excluding hydrogens is 289 g/mol. The van der Waals surface area contributed by atoms with E-state index in [1.54, 1.807) is 12.1 Å². The SMILES string of the molecule is CC(C)(C)NC(=O)CC[C@H](c1ccccc1)c1cccc(F)c1. The van der Waals surface area contributed by atoms with Gasteiger partial charge in [-0.15, -0.1) is 0 Å². The van der Waals surface area contributed by atoms with Crippen molar-refractivity contribution in [3.8, 4) is 0 Å². The zero-order valence-corrected chi connectivity index (χ0v) is 14.0. The predicted molar refractivity (Wildman–Crippen MR) is 91.8 cm³/mol. The van der Waals surface area contributed by atoms with Gasteiger partial charge in [-0.2, -0.15) is 0 Å². The zero-order valence-electron chi connectivity index (χ0n) is 14.0. The van der Waals surface area contributed by atoms with Gasteiger partial charge >= 0.3 is 0 Å². The van der Waals surface area contributed by atoms with E-state index in [-0.39, 0.29) is 23.2 Å². The Morgan fingerprint density at radius 1 is 1.04 bits per heavy atom. The number of nitrogens with one attached hydrogen (secondary N) is 1. The number of amides is 1. The van der Waals surface area contributed by atoms with Crippen molar-refractivity contribution in [2.75, 3.05) is 0 Å². The molecule has 3 heteroatoms. The van der Waals surface area contributed by atoms with Gasteiger partial charge in [-0.1, -0.05) is 42.5 Å². The average Bonchev–Trinajstić information content (AvgIpc) is 2.47. The van der Waals surface area contributed by atoms with E-state index in [0.717, 1.165) is 11.1 Å². The minimum absolute atomic E-state index is 0.0117. The molecule has 23 heavy (non-hydrogen) atoms. The minimum atomic E-state index is -0.248. The van der Waals surface area contributed by atoms with E-state index in [2.05, 4.69) is 5.32 Å². The van der Waals surface area contributed by atoms with Crippen LogP contribution in [0.3, 0.4) is 0 Å². The Balaban J connectivity index is 2.17. The van der Waals surface area contributed by atoms with E-state index in [9.17, 15) is 9.18 Å². The molecule has 2 rings (SSSR count). The molecule has 122 valence electrons. The lowest BCUT2D eigenvalue weighted by Crippen LogP contribution is -2.40. The lowest BCUT2D eigenvalue weighted by Gasteiger charge is -2.22. The maximum atomic E-state index is 13.6. The smallest absolute Gasteiger partial charge is 0.220 e. The summed E-state index contributed by atoms with van der Waals surface area (Å²) in [5.74, 6) is -0.213. The van der Waals surface area contributed by atoms with Gasteiger partial charge in [0.2, 0.25) is 5.91 Å². The molecule has 0 heterocycles. The molecule has 1 amide bonds. The Morgan fingerprint density at radius 3 is 2.30 bits per heavy atom. The first-order chi connectivity index (χ1) is 10.8. The normalized spacial score (nSPS) is 12.7. The van der Waals surface area contributed by atoms with E-state index in [1.165, 1.54) is 6.07 Å². The van der Waals surface area contributed by atoms with Crippen LogP contribution < -0.4 is 5.32 Å². The third-order valence-electron chi connectivity index (χ3n) is 3.63. The maximum Gasteiger partial charge on any atom is 0.220 e. The number of carbonyl (C=O) groups is 1. The summed E-state index contributed by atoms with van der Waals surface area (Å²) in [4.78, 5) is 12.1. The molecule has 1 atom stereocenters. The molecule has 0 bridgehead atoms. The summed E-state index contributed by atoms with van der Waals surface area (Å²) in [5, 5.41) is 2.98. The van der Waals surface area contributed by atoms with E-state index in [1.807, 2.05) is 57.2 Å². The van der Waals surface area contributed by atoms with Crippen LogP contribution in [0.2, 0.25) is 0 Å². The van der Waals surface area contributed by atoms with E-state index >= 15 is 0 Å². The zero-order chi connectivity index (χ0) is 16.9. The molecular formula is C20H24FNO. The second kappa shape index (κ2) is 7.40. The molecule has 0 saturated carbocycles. The Bertz CT molecular complexity index is 646. The van der Waals surface area contributed by atoms with Crippen LogP contribution in [-0.4, -0.2) is 11.4 Å². The highest BCUT2D eigenvalue weighted by atomic mass is 19.1. The molecule has 0 aliphatic heterocycles. The molecule has 0 saturated heterocycles. The second-order valence-electron chi connectivity index (χ2n) is 6.86. The highest BCUT2D eigenvalue weighted by molar-refractivity contribution is 5.76. The van der Waals surface area contributed by atoms with Crippen LogP contribution in [-0.2, 0) is 4.79 Å². The fourth-order valence-electron chi connectivity index (χ4n) is 2.69. The van der Waals surface area contributed by atoms with Crippen LogP contribution in [0.5, 0.6) is 0 Å². The molecule has 0 aromatic heterocycles. The number of carbonyl (C=O) groups excluding carboxylic acids is 1. The first kappa shape index (κ1) is 17.2. The molecule has 0 fully saturated rings. The number of rotatable bonds is 5. The highest BCUT2D eigenvalue weighted by Crippen LogP contribution is 2.29. The van der Waals surface area contributed by atoms with Crippen LogP contribution in [0.1, 0.15) is 50.7 Å². The summed E-state index contributed by atoms with van der Waals surface area (Å²) in [7, 11) is 0. The van der Waals surface area contributed by atoms with E-state index < -0.39 is 0 Å². The van der Waals surface area contributed by atoms with Crippen LogP contribution in [0.4, 0.5) is 4.39 Å². The third-order valence-corrected chi connectivity index (χ3v) is 3.63. The summed E-state index contributed by atoms with van der Waals surface area (Å²) in [5.41, 5.74) is 1.76. The molecule has 0 spiro atoms. The first-order valence-electron chi connectivity index (χ1n) is 7.96. The lowest BCUT2D eigenvalue weighted by atomic mass is 9.87. The molecule has 2 nitrogen and oxygen atoms in total. The van der Waals surface area contributed by atoms with Crippen LogP contribution in [0, 0.1) is 5.82 Å². The maximum absolute atomic E-state index is 13.6. The van der Waals surface area contributed by atoms with Crippen LogP contribution in [0.15, 0.2) is 54.6 Å². The van der Waals surface area contributed by atoms with Gasteiger partial charge in [-0.25, -0.2) is 4.39 Å². The Kier molecular flexibility index (Phi) is 5.54. The summed E-state index contributed by atoms with van der Waals surface area (Å²) >= 11 is 0. The van der Waals surface area contributed by atoms with Gasteiger partial charge < -0.3 is 5.32 Å². The van der Waals surface area contributed by atoms with Crippen molar-refractivity contribution >= 4 is 5.91 Å². The van der Waals surface area contributed by atoms with Gasteiger partial charge in [0.1, 0.15) is 5.82 Å².